The summed E-state index contributed by atoms with van der Waals surface area (Å²) in [5, 5.41) is 23.5. The molecule has 0 saturated carbocycles. The molecule has 0 bridgehead atoms. The number of aromatic nitrogens is 4. The number of hydrogen-bond donors (Lipinski definition) is 3. The van der Waals surface area contributed by atoms with E-state index in [1.165, 1.54) is 0 Å². The number of aliphatic hydroxyl groups excluding tert-OH is 1. The minimum absolute atomic E-state index is 0.141. The summed E-state index contributed by atoms with van der Waals surface area (Å²) in [5.41, 5.74) is 1.91. The summed E-state index contributed by atoms with van der Waals surface area (Å²) in [4.78, 5) is 8.47. The molecule has 2 rings (SSSR count). The van der Waals surface area contributed by atoms with E-state index in [4.69, 9.17) is 0 Å². The Morgan fingerprint density at radius 3 is 2.50 bits per heavy atom. The monoisotopic (exact) mass is 302 g/mol. The van der Waals surface area contributed by atoms with Crippen LogP contribution in [0, 0.1) is 19.8 Å². The molecule has 3 N–H and O–H groups in total. The van der Waals surface area contributed by atoms with Crippen LogP contribution in [-0.4, -0.2) is 45.0 Å². The third-order valence-electron chi connectivity index (χ3n) is 3.25. The lowest BCUT2D eigenvalue weighted by Gasteiger charge is -2.17. The molecule has 22 heavy (non-hydrogen) atoms. The Hall–Kier alpha value is -2.28. The molecular weight excluding hydrogens is 280 g/mol. The van der Waals surface area contributed by atoms with Gasteiger partial charge in [-0.15, -0.1) is 5.10 Å². The van der Waals surface area contributed by atoms with E-state index in [9.17, 15) is 5.11 Å². The van der Waals surface area contributed by atoms with Crippen molar-refractivity contribution in [1.82, 2.24) is 20.2 Å². The summed E-state index contributed by atoms with van der Waals surface area (Å²) >= 11 is 0. The van der Waals surface area contributed by atoms with Gasteiger partial charge in [0.1, 0.15) is 5.82 Å². The second kappa shape index (κ2) is 8.23. The summed E-state index contributed by atoms with van der Waals surface area (Å²) in [7, 11) is 0. The van der Waals surface area contributed by atoms with Gasteiger partial charge < -0.3 is 15.7 Å². The molecule has 0 saturated heterocycles. The van der Waals surface area contributed by atoms with Crippen LogP contribution in [0.1, 0.15) is 17.7 Å². The number of hydrogen-bond acceptors (Lipinski definition) is 7. The predicted molar refractivity (Wildman–Crippen MR) is 85.7 cm³/mol. The topological polar surface area (TPSA) is 95.8 Å². The van der Waals surface area contributed by atoms with Crippen LogP contribution in [0.4, 0.5) is 11.8 Å². The molecule has 0 aliphatic rings. The summed E-state index contributed by atoms with van der Waals surface area (Å²) in [6.45, 7) is 5.36. The van der Waals surface area contributed by atoms with Crippen molar-refractivity contribution in [2.24, 2.45) is 5.92 Å². The van der Waals surface area contributed by atoms with Crippen molar-refractivity contribution in [1.29, 1.82) is 0 Å². The molecular formula is C15H22N6O. The van der Waals surface area contributed by atoms with Crippen LogP contribution in [0.3, 0.4) is 0 Å². The van der Waals surface area contributed by atoms with E-state index in [1.807, 2.05) is 32.2 Å². The Bertz CT molecular complexity index is 508. The Labute approximate surface area is 130 Å². The quantitative estimate of drug-likeness (QED) is 0.678. The maximum absolute atomic E-state index is 9.19. The molecule has 2 aromatic heterocycles. The van der Waals surface area contributed by atoms with Crippen LogP contribution < -0.4 is 10.6 Å². The first kappa shape index (κ1) is 16.1. The Morgan fingerprint density at radius 1 is 1.05 bits per heavy atom. The molecule has 1 atom stereocenters. The van der Waals surface area contributed by atoms with Gasteiger partial charge in [0.05, 0.1) is 11.9 Å². The van der Waals surface area contributed by atoms with Crippen molar-refractivity contribution in [3.8, 4) is 0 Å². The third kappa shape index (κ3) is 5.25. The fourth-order valence-corrected chi connectivity index (χ4v) is 1.93. The Morgan fingerprint density at radius 2 is 1.86 bits per heavy atom. The lowest BCUT2D eigenvalue weighted by Crippen LogP contribution is -2.24. The fraction of sp³-hybridized carbons (Fsp3) is 0.467. The minimum Gasteiger partial charge on any atom is -0.396 e. The number of nitrogens with one attached hydrogen (secondary N) is 2. The van der Waals surface area contributed by atoms with Gasteiger partial charge in [-0.1, -0.05) is 6.07 Å². The molecule has 2 aromatic rings. The standard InChI is InChI=1S/C15H22N6O/c1-11-3-4-14(16-7-11)17-9-13(5-6-22)10-19-15-18-8-12(2)20-21-15/h3-4,7-8,13,22H,5-6,9-10H2,1-2H3,(H,16,17)(H,18,19,21). The highest BCUT2D eigenvalue weighted by atomic mass is 16.3. The summed E-state index contributed by atoms with van der Waals surface area (Å²) in [6, 6.07) is 3.96. The SMILES string of the molecule is Cc1ccc(NCC(CCO)CNc2ncc(C)nn2)nc1. The van der Waals surface area contributed by atoms with E-state index in [1.54, 1.807) is 6.20 Å². The van der Waals surface area contributed by atoms with E-state index >= 15 is 0 Å². The zero-order valence-corrected chi connectivity index (χ0v) is 13.0. The van der Waals surface area contributed by atoms with Gasteiger partial charge in [0.2, 0.25) is 5.95 Å². The van der Waals surface area contributed by atoms with Crippen molar-refractivity contribution in [2.75, 3.05) is 30.3 Å². The number of nitrogens with zero attached hydrogens (tertiary/aromatic N) is 4. The minimum atomic E-state index is 0.141. The lowest BCUT2D eigenvalue weighted by molar-refractivity contribution is 0.263. The molecule has 0 aliphatic heterocycles. The number of aryl methyl sites for hydroxylation is 2. The van der Waals surface area contributed by atoms with E-state index in [2.05, 4.69) is 30.8 Å². The highest BCUT2D eigenvalue weighted by Crippen LogP contribution is 2.08. The van der Waals surface area contributed by atoms with Crippen LogP contribution >= 0.6 is 0 Å². The van der Waals surface area contributed by atoms with Gasteiger partial charge in [-0.25, -0.2) is 9.97 Å². The van der Waals surface area contributed by atoms with Crippen LogP contribution in [-0.2, 0) is 0 Å². The van der Waals surface area contributed by atoms with Crippen molar-refractivity contribution in [3.05, 3.63) is 35.8 Å². The second-order valence-electron chi connectivity index (χ2n) is 5.28. The number of rotatable bonds is 8. The average Bonchev–Trinajstić information content (AvgIpc) is 2.53. The van der Waals surface area contributed by atoms with Gasteiger partial charge in [-0.3, -0.25) is 0 Å². The Balaban J connectivity index is 1.83. The van der Waals surface area contributed by atoms with Gasteiger partial charge in [-0.2, -0.15) is 5.10 Å². The smallest absolute Gasteiger partial charge is 0.242 e. The molecule has 0 spiro atoms. The van der Waals surface area contributed by atoms with Crippen molar-refractivity contribution < 1.29 is 5.11 Å². The molecule has 2 heterocycles. The molecule has 118 valence electrons. The number of anilines is 2. The maximum atomic E-state index is 9.19. The first-order valence-electron chi connectivity index (χ1n) is 7.35. The molecule has 0 aliphatic carbocycles. The summed E-state index contributed by atoms with van der Waals surface area (Å²) < 4.78 is 0. The van der Waals surface area contributed by atoms with Crippen LogP contribution in [0.5, 0.6) is 0 Å². The van der Waals surface area contributed by atoms with E-state index < -0.39 is 0 Å². The fourth-order valence-electron chi connectivity index (χ4n) is 1.93. The van der Waals surface area contributed by atoms with Crippen LogP contribution in [0.25, 0.3) is 0 Å². The zero-order chi connectivity index (χ0) is 15.8. The van der Waals surface area contributed by atoms with Gasteiger partial charge in [-0.05, 0) is 37.8 Å². The molecule has 7 heteroatoms. The highest BCUT2D eigenvalue weighted by molar-refractivity contribution is 5.35. The normalized spacial score (nSPS) is 12.0. The molecule has 0 fully saturated rings. The van der Waals surface area contributed by atoms with E-state index in [0.717, 1.165) is 17.1 Å². The van der Waals surface area contributed by atoms with Gasteiger partial charge in [0.25, 0.3) is 0 Å². The summed E-state index contributed by atoms with van der Waals surface area (Å²) in [6.07, 6.45) is 4.18. The van der Waals surface area contributed by atoms with Gasteiger partial charge in [0, 0.05) is 25.9 Å². The van der Waals surface area contributed by atoms with Crippen LogP contribution in [0.15, 0.2) is 24.5 Å². The van der Waals surface area contributed by atoms with Crippen molar-refractivity contribution in [2.45, 2.75) is 20.3 Å². The van der Waals surface area contributed by atoms with E-state index in [0.29, 0.717) is 25.5 Å². The predicted octanol–water partition coefficient (Wildman–Crippen LogP) is 1.41. The van der Waals surface area contributed by atoms with Gasteiger partial charge in [0.15, 0.2) is 0 Å². The second-order valence-corrected chi connectivity index (χ2v) is 5.28. The maximum Gasteiger partial charge on any atom is 0.242 e. The van der Waals surface area contributed by atoms with E-state index in [-0.39, 0.29) is 12.5 Å². The summed E-state index contributed by atoms with van der Waals surface area (Å²) in [5.74, 6) is 1.57. The number of aliphatic hydroxyl groups is 1. The van der Waals surface area contributed by atoms with Crippen molar-refractivity contribution >= 4 is 11.8 Å². The zero-order valence-electron chi connectivity index (χ0n) is 13.0. The number of pyridine rings is 1. The first-order chi connectivity index (χ1) is 10.7. The molecule has 0 amide bonds. The lowest BCUT2D eigenvalue weighted by atomic mass is 10.1. The Kier molecular flexibility index (Phi) is 6.02. The largest absolute Gasteiger partial charge is 0.396 e. The van der Waals surface area contributed by atoms with Crippen molar-refractivity contribution in [3.63, 3.8) is 0 Å². The molecule has 0 aromatic carbocycles. The van der Waals surface area contributed by atoms with Gasteiger partial charge >= 0.3 is 0 Å². The highest BCUT2D eigenvalue weighted by Gasteiger charge is 2.09. The molecule has 0 radical (unpaired) electrons. The van der Waals surface area contributed by atoms with Crippen LogP contribution in [0.2, 0.25) is 0 Å². The third-order valence-corrected chi connectivity index (χ3v) is 3.25. The molecule has 1 unspecified atom stereocenters. The average molecular weight is 302 g/mol. The molecule has 7 nitrogen and oxygen atoms in total. The first-order valence-corrected chi connectivity index (χ1v) is 7.35.